The van der Waals surface area contributed by atoms with Crippen LogP contribution in [0.5, 0.6) is 0 Å². The Labute approximate surface area is 153 Å². The van der Waals surface area contributed by atoms with E-state index in [0.717, 1.165) is 0 Å². The van der Waals surface area contributed by atoms with E-state index in [1.54, 1.807) is 19.2 Å². The maximum Gasteiger partial charge on any atom is 0.275 e. The van der Waals surface area contributed by atoms with Crippen molar-refractivity contribution in [1.29, 1.82) is 0 Å². The van der Waals surface area contributed by atoms with Crippen LogP contribution in [0.1, 0.15) is 10.5 Å². The van der Waals surface area contributed by atoms with Crippen molar-refractivity contribution in [3.8, 4) is 0 Å². The van der Waals surface area contributed by atoms with E-state index in [2.05, 4.69) is 26.3 Å². The summed E-state index contributed by atoms with van der Waals surface area (Å²) in [6.07, 6.45) is 1.52. The molecule has 0 saturated carbocycles. The zero-order valence-electron chi connectivity index (χ0n) is 13.5. The van der Waals surface area contributed by atoms with Crippen LogP contribution in [0, 0.1) is 0 Å². The number of carbonyl (C=O) groups excluding carboxylic acids is 1. The fourth-order valence-electron chi connectivity index (χ4n) is 2.53. The quantitative estimate of drug-likeness (QED) is 0.795. The van der Waals surface area contributed by atoms with Gasteiger partial charge in [0.2, 0.25) is 10.0 Å². The fraction of sp³-hybridized carbons (Fsp3) is 0.333. The Balaban J connectivity index is 1.83. The molecule has 2 aromatic rings. The van der Waals surface area contributed by atoms with Crippen LogP contribution in [0.2, 0.25) is 0 Å². The Hall–Kier alpha value is -1.75. The van der Waals surface area contributed by atoms with Gasteiger partial charge in [-0.3, -0.25) is 9.48 Å². The first-order valence-corrected chi connectivity index (χ1v) is 9.80. The molecule has 1 aromatic heterocycles. The van der Waals surface area contributed by atoms with Crippen LogP contribution in [0.3, 0.4) is 0 Å². The fourth-order valence-corrected chi connectivity index (χ4v) is 4.51. The molecule has 1 saturated heterocycles. The molecule has 2 heterocycles. The number of aryl methyl sites for hydroxylation is 1. The number of nitrogens with zero attached hydrogens (tertiary/aromatic N) is 3. The average molecular weight is 429 g/mol. The summed E-state index contributed by atoms with van der Waals surface area (Å²) in [6, 6.07) is 6.20. The van der Waals surface area contributed by atoms with Crippen LogP contribution in [0.15, 0.2) is 39.8 Å². The van der Waals surface area contributed by atoms with E-state index in [1.807, 2.05) is 0 Å². The highest BCUT2D eigenvalue weighted by Crippen LogP contribution is 2.22. The summed E-state index contributed by atoms with van der Waals surface area (Å²) >= 11 is 3.27. The van der Waals surface area contributed by atoms with E-state index in [-0.39, 0.29) is 10.8 Å². The molecule has 0 spiro atoms. The molecule has 8 nitrogen and oxygen atoms in total. The predicted molar refractivity (Wildman–Crippen MR) is 94.9 cm³/mol. The minimum absolute atomic E-state index is 0.135. The van der Waals surface area contributed by atoms with E-state index in [4.69, 9.17) is 4.74 Å². The van der Waals surface area contributed by atoms with Gasteiger partial charge in [0.1, 0.15) is 5.69 Å². The Kier molecular flexibility index (Phi) is 5.23. The number of halogens is 1. The number of carbonyl (C=O) groups is 1. The van der Waals surface area contributed by atoms with Crippen LogP contribution in [0.4, 0.5) is 5.69 Å². The van der Waals surface area contributed by atoms with Gasteiger partial charge in [0, 0.05) is 25.8 Å². The lowest BCUT2D eigenvalue weighted by molar-refractivity contribution is 0.0730. The average Bonchev–Trinajstić information content (AvgIpc) is 2.94. The summed E-state index contributed by atoms with van der Waals surface area (Å²) < 4.78 is 34.0. The SMILES string of the molecule is Cn1ncc(Br)c1C(=O)Nc1cccc(S(=O)(=O)N2CCOCC2)c1. The maximum atomic E-state index is 12.7. The molecule has 1 aliphatic rings. The van der Waals surface area contributed by atoms with Gasteiger partial charge in [0.25, 0.3) is 5.91 Å². The van der Waals surface area contributed by atoms with Crippen LogP contribution >= 0.6 is 15.9 Å². The topological polar surface area (TPSA) is 93.5 Å². The van der Waals surface area contributed by atoms with Gasteiger partial charge in [-0.25, -0.2) is 8.42 Å². The second-order valence-electron chi connectivity index (χ2n) is 5.46. The van der Waals surface area contributed by atoms with Crippen molar-refractivity contribution in [1.82, 2.24) is 14.1 Å². The second kappa shape index (κ2) is 7.24. The zero-order valence-corrected chi connectivity index (χ0v) is 15.9. The van der Waals surface area contributed by atoms with Gasteiger partial charge in [-0.1, -0.05) is 6.07 Å². The number of nitrogens with one attached hydrogen (secondary N) is 1. The summed E-state index contributed by atoms with van der Waals surface area (Å²) in [5, 5.41) is 6.70. The molecule has 10 heteroatoms. The van der Waals surface area contributed by atoms with Crippen molar-refractivity contribution < 1.29 is 17.9 Å². The summed E-state index contributed by atoms with van der Waals surface area (Å²) in [4.78, 5) is 12.5. The van der Waals surface area contributed by atoms with E-state index in [1.165, 1.54) is 27.3 Å². The van der Waals surface area contributed by atoms with E-state index < -0.39 is 10.0 Å². The number of amides is 1. The van der Waals surface area contributed by atoms with Gasteiger partial charge in [0.05, 0.1) is 28.8 Å². The largest absolute Gasteiger partial charge is 0.379 e. The number of aromatic nitrogens is 2. The van der Waals surface area contributed by atoms with Crippen molar-refractivity contribution in [2.75, 3.05) is 31.6 Å². The van der Waals surface area contributed by atoms with Crippen LogP contribution < -0.4 is 5.32 Å². The molecule has 0 radical (unpaired) electrons. The first kappa shape index (κ1) is 18.1. The monoisotopic (exact) mass is 428 g/mol. The number of ether oxygens (including phenoxy) is 1. The molecule has 1 amide bonds. The first-order valence-electron chi connectivity index (χ1n) is 7.56. The maximum absolute atomic E-state index is 12.7. The van der Waals surface area contributed by atoms with E-state index in [0.29, 0.717) is 42.2 Å². The van der Waals surface area contributed by atoms with E-state index >= 15 is 0 Å². The van der Waals surface area contributed by atoms with E-state index in [9.17, 15) is 13.2 Å². The van der Waals surface area contributed by atoms with Crippen molar-refractivity contribution >= 4 is 37.5 Å². The molecular weight excluding hydrogens is 412 g/mol. The number of morpholine rings is 1. The standard InChI is InChI=1S/C15H17BrN4O4S/c1-19-14(13(16)10-17-19)15(21)18-11-3-2-4-12(9-11)25(22,23)20-5-7-24-8-6-20/h2-4,9-10H,5-8H2,1H3,(H,18,21). The van der Waals surface area contributed by atoms with Crippen molar-refractivity contribution in [2.45, 2.75) is 4.90 Å². The second-order valence-corrected chi connectivity index (χ2v) is 8.26. The molecular formula is C15H17BrN4O4S. The van der Waals surface area contributed by atoms with Gasteiger partial charge < -0.3 is 10.1 Å². The third kappa shape index (κ3) is 3.76. The highest BCUT2D eigenvalue weighted by molar-refractivity contribution is 9.10. The Morgan fingerprint density at radius 2 is 2.04 bits per heavy atom. The number of sulfonamides is 1. The Morgan fingerprint density at radius 3 is 2.68 bits per heavy atom. The number of hydrogen-bond acceptors (Lipinski definition) is 5. The lowest BCUT2D eigenvalue weighted by Gasteiger charge is -2.26. The predicted octanol–water partition coefficient (Wildman–Crippen LogP) is 1.46. The van der Waals surface area contributed by atoms with Crippen molar-refractivity contribution in [3.05, 3.63) is 40.6 Å². The van der Waals surface area contributed by atoms with Crippen LogP contribution in [-0.4, -0.2) is 54.7 Å². The molecule has 1 N–H and O–H groups in total. The molecule has 134 valence electrons. The Bertz CT molecular complexity index is 871. The third-order valence-corrected chi connectivity index (χ3v) is 6.28. The normalized spacial score (nSPS) is 15.9. The molecule has 0 unspecified atom stereocenters. The zero-order chi connectivity index (χ0) is 18.0. The molecule has 1 aromatic carbocycles. The van der Waals surface area contributed by atoms with Crippen molar-refractivity contribution in [2.24, 2.45) is 7.05 Å². The Morgan fingerprint density at radius 1 is 1.32 bits per heavy atom. The van der Waals surface area contributed by atoms with Gasteiger partial charge in [-0.2, -0.15) is 9.40 Å². The summed E-state index contributed by atoms with van der Waals surface area (Å²) in [6.45, 7) is 1.40. The van der Waals surface area contributed by atoms with Gasteiger partial charge in [-0.05, 0) is 34.1 Å². The highest BCUT2D eigenvalue weighted by atomic mass is 79.9. The molecule has 0 bridgehead atoms. The van der Waals surface area contributed by atoms with Crippen molar-refractivity contribution in [3.63, 3.8) is 0 Å². The lowest BCUT2D eigenvalue weighted by atomic mass is 10.3. The highest BCUT2D eigenvalue weighted by Gasteiger charge is 2.26. The van der Waals surface area contributed by atoms with Gasteiger partial charge in [0.15, 0.2) is 0 Å². The lowest BCUT2D eigenvalue weighted by Crippen LogP contribution is -2.40. The molecule has 25 heavy (non-hydrogen) atoms. The minimum atomic E-state index is -3.62. The molecule has 1 fully saturated rings. The molecule has 0 atom stereocenters. The first-order chi connectivity index (χ1) is 11.9. The summed E-state index contributed by atoms with van der Waals surface area (Å²) in [5.41, 5.74) is 0.744. The number of hydrogen-bond donors (Lipinski definition) is 1. The number of benzene rings is 1. The smallest absolute Gasteiger partial charge is 0.275 e. The van der Waals surface area contributed by atoms with Crippen LogP contribution in [-0.2, 0) is 21.8 Å². The number of anilines is 1. The summed E-state index contributed by atoms with van der Waals surface area (Å²) in [5.74, 6) is -0.382. The molecule has 1 aliphatic heterocycles. The molecule has 3 rings (SSSR count). The summed E-state index contributed by atoms with van der Waals surface area (Å²) in [7, 11) is -1.96. The number of rotatable bonds is 4. The minimum Gasteiger partial charge on any atom is -0.379 e. The third-order valence-electron chi connectivity index (χ3n) is 3.81. The van der Waals surface area contributed by atoms with Gasteiger partial charge >= 0.3 is 0 Å². The van der Waals surface area contributed by atoms with Gasteiger partial charge in [-0.15, -0.1) is 0 Å². The van der Waals surface area contributed by atoms with Crippen LogP contribution in [0.25, 0.3) is 0 Å². The molecule has 0 aliphatic carbocycles.